The van der Waals surface area contributed by atoms with Gasteiger partial charge in [0.05, 0.1) is 17.0 Å². The van der Waals surface area contributed by atoms with Crippen LogP contribution >= 0.6 is 27.7 Å². The van der Waals surface area contributed by atoms with Crippen LogP contribution in [0.4, 0.5) is 5.69 Å². The number of halogens is 1. The minimum Gasteiger partial charge on any atom is -0.507 e. The fraction of sp³-hybridized carbons (Fsp3) is 0.100. The van der Waals surface area contributed by atoms with E-state index in [1.165, 1.54) is 11.8 Å². The summed E-state index contributed by atoms with van der Waals surface area (Å²) in [5.74, 6) is 1.94. The highest BCUT2D eigenvalue weighted by Crippen LogP contribution is 2.35. The van der Waals surface area contributed by atoms with Crippen LogP contribution in [0.2, 0.25) is 0 Å². The van der Waals surface area contributed by atoms with E-state index in [4.69, 9.17) is 4.74 Å². The van der Waals surface area contributed by atoms with Crippen LogP contribution in [0.25, 0.3) is 17.1 Å². The maximum absolute atomic E-state index is 12.8. The average Bonchev–Trinajstić information content (AvgIpc) is 3.34. The average molecular weight is 602 g/mol. The second kappa shape index (κ2) is 11.8. The number of benzene rings is 4. The molecule has 5 rings (SSSR count). The van der Waals surface area contributed by atoms with Gasteiger partial charge < -0.3 is 15.2 Å². The summed E-state index contributed by atoms with van der Waals surface area (Å²) in [7, 11) is 0. The number of rotatable bonds is 8. The van der Waals surface area contributed by atoms with Gasteiger partial charge in [0, 0.05) is 10.2 Å². The summed E-state index contributed by atoms with van der Waals surface area (Å²) in [6.45, 7) is 4.05. The van der Waals surface area contributed by atoms with Gasteiger partial charge >= 0.3 is 0 Å². The Morgan fingerprint density at radius 2 is 1.69 bits per heavy atom. The molecule has 0 fully saturated rings. The van der Waals surface area contributed by atoms with E-state index in [2.05, 4.69) is 37.5 Å². The Hall–Kier alpha value is -4.08. The molecular weight excluding hydrogens is 576 g/mol. The smallest absolute Gasteiger partial charge is 0.234 e. The molecule has 5 aromatic rings. The predicted molar refractivity (Wildman–Crippen MR) is 158 cm³/mol. The number of phenols is 1. The number of aromatic hydroxyl groups is 1. The van der Waals surface area contributed by atoms with Gasteiger partial charge in [0.2, 0.25) is 5.91 Å². The van der Waals surface area contributed by atoms with Gasteiger partial charge in [-0.1, -0.05) is 63.6 Å². The standard InChI is InChI=1S/C30H25BrN4O3S/c1-19-8-14-26(20(2)16-19)35-29(25-17-21(31)9-15-27(25)36)33-34-30(35)39-18-28(37)32-22-10-12-24(13-11-22)38-23-6-4-3-5-7-23/h3-17,36H,18H2,1-2H3,(H,32,37). The number of nitrogens with zero attached hydrogens (tertiary/aromatic N) is 3. The first-order valence-corrected chi connectivity index (χ1v) is 13.9. The number of amides is 1. The highest BCUT2D eigenvalue weighted by Gasteiger charge is 2.21. The Morgan fingerprint density at radius 3 is 2.44 bits per heavy atom. The van der Waals surface area contributed by atoms with Crippen molar-refractivity contribution < 1.29 is 14.6 Å². The van der Waals surface area contributed by atoms with Crippen LogP contribution in [0.15, 0.2) is 101 Å². The van der Waals surface area contributed by atoms with E-state index in [1.54, 1.807) is 30.3 Å². The summed E-state index contributed by atoms with van der Waals surface area (Å²) in [5.41, 5.74) is 4.22. The molecule has 0 spiro atoms. The van der Waals surface area contributed by atoms with Crippen LogP contribution in [0.5, 0.6) is 17.2 Å². The molecule has 4 aromatic carbocycles. The van der Waals surface area contributed by atoms with Gasteiger partial charge in [-0.15, -0.1) is 10.2 Å². The minimum absolute atomic E-state index is 0.0885. The van der Waals surface area contributed by atoms with Crippen molar-refractivity contribution in [2.24, 2.45) is 0 Å². The number of carbonyl (C=O) groups is 1. The number of thioether (sulfide) groups is 1. The van der Waals surface area contributed by atoms with E-state index in [0.29, 0.717) is 28.0 Å². The molecule has 0 bridgehead atoms. The molecule has 0 aliphatic heterocycles. The van der Waals surface area contributed by atoms with Gasteiger partial charge in [-0.05, 0) is 80.1 Å². The van der Waals surface area contributed by atoms with E-state index in [9.17, 15) is 9.90 Å². The number of hydrogen-bond donors (Lipinski definition) is 2. The third-order valence-corrected chi connectivity index (χ3v) is 7.30. The van der Waals surface area contributed by atoms with E-state index in [-0.39, 0.29) is 17.4 Å². The van der Waals surface area contributed by atoms with Crippen LogP contribution in [0.3, 0.4) is 0 Å². The first kappa shape index (κ1) is 26.5. The van der Waals surface area contributed by atoms with Crippen molar-refractivity contribution >= 4 is 39.3 Å². The van der Waals surface area contributed by atoms with Crippen LogP contribution in [0, 0.1) is 13.8 Å². The molecule has 0 saturated heterocycles. The molecule has 0 aliphatic rings. The summed E-state index contributed by atoms with van der Waals surface area (Å²) in [6, 6.07) is 28.0. The van der Waals surface area contributed by atoms with Crippen molar-refractivity contribution in [3.05, 3.63) is 107 Å². The summed E-state index contributed by atoms with van der Waals surface area (Å²) < 4.78 is 8.50. The van der Waals surface area contributed by atoms with Gasteiger partial charge in [-0.25, -0.2) is 0 Å². The Labute approximate surface area is 239 Å². The molecule has 1 heterocycles. The van der Waals surface area contributed by atoms with E-state index >= 15 is 0 Å². The molecule has 1 aromatic heterocycles. The Kier molecular flexibility index (Phi) is 7.99. The maximum atomic E-state index is 12.8. The zero-order chi connectivity index (χ0) is 27.4. The first-order valence-electron chi connectivity index (χ1n) is 12.1. The van der Waals surface area contributed by atoms with Crippen LogP contribution in [-0.2, 0) is 4.79 Å². The number of aryl methyl sites for hydroxylation is 2. The molecule has 2 N–H and O–H groups in total. The molecule has 1 amide bonds. The number of hydrogen-bond acceptors (Lipinski definition) is 6. The monoisotopic (exact) mass is 600 g/mol. The van der Waals surface area contributed by atoms with Crippen LogP contribution < -0.4 is 10.1 Å². The molecule has 0 unspecified atom stereocenters. The van der Waals surface area contributed by atoms with Crippen molar-refractivity contribution in [1.29, 1.82) is 0 Å². The van der Waals surface area contributed by atoms with E-state index < -0.39 is 0 Å². The van der Waals surface area contributed by atoms with E-state index in [0.717, 1.165) is 27.0 Å². The zero-order valence-electron chi connectivity index (χ0n) is 21.3. The third kappa shape index (κ3) is 6.32. The topological polar surface area (TPSA) is 89.3 Å². The van der Waals surface area contributed by atoms with Gasteiger partial charge in [0.15, 0.2) is 11.0 Å². The second-order valence-corrected chi connectivity index (χ2v) is 10.7. The first-order chi connectivity index (χ1) is 18.9. The zero-order valence-corrected chi connectivity index (χ0v) is 23.7. The molecule has 7 nitrogen and oxygen atoms in total. The number of para-hydroxylation sites is 1. The quantitative estimate of drug-likeness (QED) is 0.179. The lowest BCUT2D eigenvalue weighted by Crippen LogP contribution is -2.14. The van der Waals surface area contributed by atoms with Crippen molar-refractivity contribution in [2.45, 2.75) is 19.0 Å². The van der Waals surface area contributed by atoms with Crippen LogP contribution in [-0.4, -0.2) is 31.5 Å². The Bertz CT molecular complexity index is 1620. The highest BCUT2D eigenvalue weighted by molar-refractivity contribution is 9.10. The molecule has 196 valence electrons. The lowest BCUT2D eigenvalue weighted by atomic mass is 10.1. The van der Waals surface area contributed by atoms with Gasteiger partial charge in [0.25, 0.3) is 0 Å². The number of aromatic nitrogens is 3. The lowest BCUT2D eigenvalue weighted by Gasteiger charge is -2.14. The van der Waals surface area contributed by atoms with Gasteiger partial charge in [-0.2, -0.15) is 0 Å². The Morgan fingerprint density at radius 1 is 0.949 bits per heavy atom. The molecule has 0 saturated carbocycles. The molecule has 0 atom stereocenters. The number of anilines is 1. The van der Waals surface area contributed by atoms with Crippen molar-refractivity contribution in [3.63, 3.8) is 0 Å². The number of nitrogens with one attached hydrogen (secondary N) is 1. The van der Waals surface area contributed by atoms with Gasteiger partial charge in [-0.3, -0.25) is 9.36 Å². The van der Waals surface area contributed by atoms with Crippen molar-refractivity contribution in [2.75, 3.05) is 11.1 Å². The molecule has 9 heteroatoms. The van der Waals surface area contributed by atoms with Crippen molar-refractivity contribution in [1.82, 2.24) is 14.8 Å². The molecule has 0 radical (unpaired) electrons. The van der Waals surface area contributed by atoms with Crippen LogP contribution in [0.1, 0.15) is 11.1 Å². The third-order valence-electron chi connectivity index (χ3n) is 5.88. The molecule has 39 heavy (non-hydrogen) atoms. The number of ether oxygens (including phenoxy) is 1. The molecule has 0 aliphatic carbocycles. The highest BCUT2D eigenvalue weighted by atomic mass is 79.9. The predicted octanol–water partition coefficient (Wildman–Crippen LogP) is 7.54. The Balaban J connectivity index is 1.34. The van der Waals surface area contributed by atoms with Gasteiger partial charge in [0.1, 0.15) is 17.2 Å². The van der Waals surface area contributed by atoms with Crippen molar-refractivity contribution in [3.8, 4) is 34.3 Å². The van der Waals surface area contributed by atoms with E-state index in [1.807, 2.05) is 73.0 Å². The summed E-state index contributed by atoms with van der Waals surface area (Å²) in [4.78, 5) is 12.8. The SMILES string of the molecule is Cc1ccc(-n2c(SCC(=O)Nc3ccc(Oc4ccccc4)cc3)nnc2-c2cc(Br)ccc2O)c(C)c1. The largest absolute Gasteiger partial charge is 0.507 e. The maximum Gasteiger partial charge on any atom is 0.234 e. The minimum atomic E-state index is -0.182. The summed E-state index contributed by atoms with van der Waals surface area (Å²) in [6.07, 6.45) is 0. The fourth-order valence-electron chi connectivity index (χ4n) is 4.06. The fourth-order valence-corrected chi connectivity index (χ4v) is 5.16. The lowest BCUT2D eigenvalue weighted by molar-refractivity contribution is -0.113. The normalized spacial score (nSPS) is 10.8. The second-order valence-electron chi connectivity index (χ2n) is 8.87. The summed E-state index contributed by atoms with van der Waals surface area (Å²) in [5, 5.41) is 22.8. The number of carbonyl (C=O) groups excluding carboxylic acids is 1. The summed E-state index contributed by atoms with van der Waals surface area (Å²) >= 11 is 4.74. The molecular formula is C30H25BrN4O3S. The number of phenolic OH excluding ortho intramolecular Hbond substituents is 1.